The molecule has 2 rings (SSSR count). The van der Waals surface area contributed by atoms with Crippen LogP contribution in [0.3, 0.4) is 0 Å². The van der Waals surface area contributed by atoms with E-state index in [1.54, 1.807) is 0 Å². The van der Waals surface area contributed by atoms with Crippen molar-refractivity contribution in [2.75, 3.05) is 20.2 Å². The Bertz CT molecular complexity index is 423. The van der Waals surface area contributed by atoms with E-state index < -0.39 is 0 Å². The fraction of sp³-hybridized carbons (Fsp3) is 0.571. The third-order valence-electron chi connectivity index (χ3n) is 3.46. The minimum absolute atomic E-state index is 0.0231. The summed E-state index contributed by atoms with van der Waals surface area (Å²) in [4.78, 5) is 2.43. The van der Waals surface area contributed by atoms with Crippen LogP contribution in [0.25, 0.3) is 0 Å². The van der Waals surface area contributed by atoms with Gasteiger partial charge in [0.2, 0.25) is 0 Å². The number of benzene rings is 1. The molecule has 1 saturated heterocycles. The van der Waals surface area contributed by atoms with Gasteiger partial charge in [0, 0.05) is 13.1 Å². The van der Waals surface area contributed by atoms with Gasteiger partial charge in [-0.05, 0) is 43.0 Å². The summed E-state index contributed by atoms with van der Waals surface area (Å²) in [6.07, 6.45) is 2.57. The molecule has 1 unspecified atom stereocenters. The predicted octanol–water partition coefficient (Wildman–Crippen LogP) is 3.29. The quantitative estimate of drug-likeness (QED) is 0.914. The van der Waals surface area contributed by atoms with Crippen molar-refractivity contribution in [3.05, 3.63) is 22.7 Å². The lowest BCUT2D eigenvalue weighted by Gasteiger charge is -2.30. The first-order chi connectivity index (χ1) is 8.60. The van der Waals surface area contributed by atoms with E-state index in [-0.39, 0.29) is 5.75 Å². The molecule has 1 aliphatic rings. The first-order valence-electron chi connectivity index (χ1n) is 6.38. The summed E-state index contributed by atoms with van der Waals surface area (Å²) in [5.41, 5.74) is 1.09. The van der Waals surface area contributed by atoms with E-state index in [0.29, 0.717) is 10.8 Å². The van der Waals surface area contributed by atoms with E-state index in [9.17, 15) is 5.11 Å². The lowest BCUT2D eigenvalue weighted by molar-refractivity contribution is 0.176. The monoisotopic (exact) mass is 269 g/mol. The normalized spacial score (nSPS) is 20.9. The summed E-state index contributed by atoms with van der Waals surface area (Å²) in [7, 11) is 1.54. The molecule has 1 fully saturated rings. The number of phenolic OH excluding ortho intramolecular Hbond substituents is 1. The minimum atomic E-state index is 0.0231. The zero-order valence-electron chi connectivity index (χ0n) is 10.9. The molecule has 0 spiro atoms. The molecule has 3 nitrogen and oxygen atoms in total. The van der Waals surface area contributed by atoms with Crippen molar-refractivity contribution in [3.63, 3.8) is 0 Å². The summed E-state index contributed by atoms with van der Waals surface area (Å²) in [6, 6.07) is 3.68. The lowest BCUT2D eigenvalue weighted by Crippen LogP contribution is -2.33. The van der Waals surface area contributed by atoms with Crippen molar-refractivity contribution in [2.24, 2.45) is 5.92 Å². The Hall–Kier alpha value is -0.930. The van der Waals surface area contributed by atoms with Gasteiger partial charge >= 0.3 is 0 Å². The Labute approximate surface area is 113 Å². The van der Waals surface area contributed by atoms with Crippen molar-refractivity contribution < 1.29 is 9.84 Å². The fourth-order valence-corrected chi connectivity index (χ4v) is 2.80. The van der Waals surface area contributed by atoms with Gasteiger partial charge in [-0.25, -0.2) is 0 Å². The lowest BCUT2D eigenvalue weighted by atomic mass is 10.00. The maximum absolute atomic E-state index is 9.70. The van der Waals surface area contributed by atoms with E-state index in [2.05, 4.69) is 11.8 Å². The highest BCUT2D eigenvalue weighted by atomic mass is 35.5. The molecule has 1 heterocycles. The fourth-order valence-electron chi connectivity index (χ4n) is 2.56. The number of likely N-dealkylation sites (tertiary alicyclic amines) is 1. The summed E-state index contributed by atoms with van der Waals surface area (Å²) in [6.45, 7) is 5.41. The highest BCUT2D eigenvalue weighted by Crippen LogP contribution is 2.35. The molecule has 0 radical (unpaired) electrons. The van der Waals surface area contributed by atoms with Crippen molar-refractivity contribution in [2.45, 2.75) is 26.3 Å². The molecule has 4 heteroatoms. The van der Waals surface area contributed by atoms with Crippen LogP contribution in [0.15, 0.2) is 12.1 Å². The van der Waals surface area contributed by atoms with Gasteiger partial charge in [0.15, 0.2) is 11.5 Å². The number of aromatic hydroxyl groups is 1. The molecule has 18 heavy (non-hydrogen) atoms. The maximum atomic E-state index is 9.70. The molecule has 1 aromatic carbocycles. The van der Waals surface area contributed by atoms with Crippen LogP contribution in [0.1, 0.15) is 25.3 Å². The van der Waals surface area contributed by atoms with Crippen LogP contribution in [0.4, 0.5) is 0 Å². The molecule has 1 aliphatic heterocycles. The molecule has 0 bridgehead atoms. The highest BCUT2D eigenvalue weighted by molar-refractivity contribution is 6.32. The summed E-state index contributed by atoms with van der Waals surface area (Å²) in [5, 5.41) is 10.1. The number of nitrogens with zero attached hydrogens (tertiary/aromatic N) is 1. The Morgan fingerprint density at radius 2 is 2.28 bits per heavy atom. The number of ether oxygens (including phenoxy) is 1. The second kappa shape index (κ2) is 5.81. The van der Waals surface area contributed by atoms with Crippen molar-refractivity contribution in [3.8, 4) is 11.5 Å². The molecular formula is C14H20ClNO2. The molecule has 0 saturated carbocycles. The zero-order chi connectivity index (χ0) is 13.1. The third-order valence-corrected chi connectivity index (χ3v) is 3.74. The van der Waals surface area contributed by atoms with Crippen LogP contribution in [-0.4, -0.2) is 30.2 Å². The summed E-state index contributed by atoms with van der Waals surface area (Å²) < 4.78 is 5.12. The molecular weight excluding hydrogens is 250 g/mol. The SMILES string of the molecule is COc1cc(CN2CCCC(C)C2)cc(Cl)c1O. The predicted molar refractivity (Wildman–Crippen MR) is 73.3 cm³/mol. The first-order valence-corrected chi connectivity index (χ1v) is 6.75. The molecule has 1 atom stereocenters. The van der Waals surface area contributed by atoms with Gasteiger partial charge in [-0.2, -0.15) is 0 Å². The Balaban J connectivity index is 2.11. The Morgan fingerprint density at radius 3 is 2.94 bits per heavy atom. The molecule has 100 valence electrons. The van der Waals surface area contributed by atoms with Crippen LogP contribution in [-0.2, 0) is 6.54 Å². The van der Waals surface area contributed by atoms with Gasteiger partial charge in [-0.1, -0.05) is 18.5 Å². The Kier molecular flexibility index (Phi) is 4.36. The summed E-state index contributed by atoms with van der Waals surface area (Å²) in [5.74, 6) is 1.23. The van der Waals surface area contributed by atoms with Gasteiger partial charge in [0.1, 0.15) is 0 Å². The average Bonchev–Trinajstić information content (AvgIpc) is 2.33. The number of phenols is 1. The Morgan fingerprint density at radius 1 is 1.50 bits per heavy atom. The van der Waals surface area contributed by atoms with Crippen LogP contribution in [0, 0.1) is 5.92 Å². The van der Waals surface area contributed by atoms with Crippen LogP contribution < -0.4 is 4.74 Å². The van der Waals surface area contributed by atoms with Gasteiger partial charge in [-0.3, -0.25) is 4.90 Å². The van der Waals surface area contributed by atoms with E-state index in [0.717, 1.165) is 31.1 Å². The molecule has 1 aromatic rings. The van der Waals surface area contributed by atoms with Crippen LogP contribution >= 0.6 is 11.6 Å². The number of methoxy groups -OCH3 is 1. The van der Waals surface area contributed by atoms with Gasteiger partial charge < -0.3 is 9.84 Å². The van der Waals surface area contributed by atoms with Crippen LogP contribution in [0.2, 0.25) is 5.02 Å². The second-order valence-electron chi connectivity index (χ2n) is 5.11. The second-order valence-corrected chi connectivity index (χ2v) is 5.52. The first kappa shape index (κ1) is 13.5. The largest absolute Gasteiger partial charge is 0.503 e. The zero-order valence-corrected chi connectivity index (χ0v) is 11.7. The summed E-state index contributed by atoms with van der Waals surface area (Å²) >= 11 is 6.00. The molecule has 0 amide bonds. The van der Waals surface area contributed by atoms with Crippen molar-refractivity contribution in [1.29, 1.82) is 0 Å². The van der Waals surface area contributed by atoms with Gasteiger partial charge in [0.25, 0.3) is 0 Å². The number of piperidine rings is 1. The molecule has 0 aliphatic carbocycles. The number of hydrogen-bond acceptors (Lipinski definition) is 3. The topological polar surface area (TPSA) is 32.7 Å². The van der Waals surface area contributed by atoms with Crippen molar-refractivity contribution in [1.82, 2.24) is 4.90 Å². The highest BCUT2D eigenvalue weighted by Gasteiger charge is 2.17. The van der Waals surface area contributed by atoms with Crippen molar-refractivity contribution >= 4 is 11.6 Å². The van der Waals surface area contributed by atoms with E-state index in [4.69, 9.17) is 16.3 Å². The maximum Gasteiger partial charge on any atom is 0.176 e. The minimum Gasteiger partial charge on any atom is -0.503 e. The van der Waals surface area contributed by atoms with E-state index >= 15 is 0 Å². The average molecular weight is 270 g/mol. The van der Waals surface area contributed by atoms with E-state index in [1.807, 2.05) is 12.1 Å². The van der Waals surface area contributed by atoms with Crippen LogP contribution in [0.5, 0.6) is 11.5 Å². The number of rotatable bonds is 3. The molecule has 0 aromatic heterocycles. The standard InChI is InChI=1S/C14H20ClNO2/c1-10-4-3-5-16(8-10)9-11-6-12(15)14(17)13(7-11)18-2/h6-7,10,17H,3-5,8-9H2,1-2H3. The number of halogens is 1. The third kappa shape index (κ3) is 3.09. The number of hydrogen-bond donors (Lipinski definition) is 1. The van der Waals surface area contributed by atoms with E-state index in [1.165, 1.54) is 20.0 Å². The van der Waals surface area contributed by atoms with Gasteiger partial charge in [-0.15, -0.1) is 0 Å². The van der Waals surface area contributed by atoms with Gasteiger partial charge in [0.05, 0.1) is 12.1 Å². The molecule has 1 N–H and O–H groups in total. The smallest absolute Gasteiger partial charge is 0.176 e.